The third kappa shape index (κ3) is 2.03. The normalized spacial score (nSPS) is 10.6. The summed E-state index contributed by atoms with van der Waals surface area (Å²) in [5.41, 5.74) is 0.413. The fourth-order valence-electron chi connectivity index (χ4n) is 1.50. The highest BCUT2D eigenvalue weighted by molar-refractivity contribution is 5.17. The minimum absolute atomic E-state index is 0.184. The van der Waals surface area contributed by atoms with Gasteiger partial charge in [0.2, 0.25) is 0 Å². The van der Waals surface area contributed by atoms with Crippen molar-refractivity contribution in [2.45, 2.75) is 13.0 Å². The average molecular weight is 221 g/mol. The van der Waals surface area contributed by atoms with Crippen LogP contribution in [0.3, 0.4) is 0 Å². The van der Waals surface area contributed by atoms with Crippen LogP contribution in [0.4, 0.5) is 4.39 Å². The van der Waals surface area contributed by atoms with Crippen LogP contribution in [-0.2, 0) is 20.0 Å². The van der Waals surface area contributed by atoms with Gasteiger partial charge in [-0.3, -0.25) is 4.57 Å². The topological polar surface area (TPSA) is 39.8 Å². The molecule has 0 aliphatic carbocycles. The first kappa shape index (κ1) is 10.6. The Kier molecular flexibility index (Phi) is 2.85. The second kappa shape index (κ2) is 4.30. The largest absolute Gasteiger partial charge is 0.345 e. The lowest BCUT2D eigenvalue weighted by Crippen LogP contribution is -2.23. The lowest BCUT2D eigenvalue weighted by molar-refractivity contribution is 0.557. The van der Waals surface area contributed by atoms with Crippen LogP contribution < -0.4 is 5.69 Å². The number of hydrogen-bond donors (Lipinski definition) is 0. The first-order valence-electron chi connectivity index (χ1n) is 5.00. The lowest BCUT2D eigenvalue weighted by Gasteiger charge is -2.01. The van der Waals surface area contributed by atoms with Gasteiger partial charge in [0.05, 0.1) is 6.54 Å². The molecule has 0 N–H and O–H groups in total. The van der Waals surface area contributed by atoms with Gasteiger partial charge < -0.3 is 0 Å². The Labute approximate surface area is 91.9 Å². The van der Waals surface area contributed by atoms with Gasteiger partial charge in [-0.05, 0) is 18.1 Å². The van der Waals surface area contributed by atoms with Gasteiger partial charge in [0.25, 0.3) is 0 Å². The zero-order chi connectivity index (χ0) is 11.5. The van der Waals surface area contributed by atoms with E-state index in [1.807, 2.05) is 0 Å². The van der Waals surface area contributed by atoms with Crippen molar-refractivity contribution in [3.05, 3.63) is 52.5 Å². The lowest BCUT2D eigenvalue weighted by atomic mass is 10.1. The van der Waals surface area contributed by atoms with Crippen LogP contribution >= 0.6 is 0 Å². The molecule has 0 fully saturated rings. The highest BCUT2D eigenvalue weighted by Crippen LogP contribution is 2.07. The average Bonchev–Trinajstić information content (AvgIpc) is 2.59. The summed E-state index contributed by atoms with van der Waals surface area (Å²) in [6.07, 6.45) is 1.91. The standard InChI is InChI=1S/C11H12FN3O/c1-14-8-13-15(11(14)16)7-6-9-4-2-3-5-10(9)12/h2-5,8H,6-7H2,1H3. The number of aryl methyl sites for hydroxylation is 3. The van der Waals surface area contributed by atoms with Crippen molar-refractivity contribution in [1.82, 2.24) is 14.3 Å². The molecule has 0 bridgehead atoms. The number of aromatic nitrogens is 3. The molecule has 2 rings (SSSR count). The van der Waals surface area contributed by atoms with Crippen molar-refractivity contribution in [2.75, 3.05) is 0 Å². The van der Waals surface area contributed by atoms with Gasteiger partial charge in [-0.1, -0.05) is 18.2 Å². The van der Waals surface area contributed by atoms with Crippen molar-refractivity contribution >= 4 is 0 Å². The molecule has 0 aliphatic heterocycles. The van der Waals surface area contributed by atoms with Crippen molar-refractivity contribution in [1.29, 1.82) is 0 Å². The van der Waals surface area contributed by atoms with E-state index in [1.54, 1.807) is 25.2 Å². The molecule has 0 atom stereocenters. The second-order valence-corrected chi connectivity index (χ2v) is 3.59. The van der Waals surface area contributed by atoms with E-state index in [1.165, 1.54) is 21.6 Å². The van der Waals surface area contributed by atoms with Gasteiger partial charge in [-0.15, -0.1) is 0 Å². The van der Waals surface area contributed by atoms with Crippen molar-refractivity contribution < 1.29 is 4.39 Å². The van der Waals surface area contributed by atoms with Crippen LogP contribution in [0.15, 0.2) is 35.4 Å². The van der Waals surface area contributed by atoms with E-state index >= 15 is 0 Å². The van der Waals surface area contributed by atoms with Crippen molar-refractivity contribution in [3.8, 4) is 0 Å². The smallest absolute Gasteiger partial charge is 0.285 e. The number of benzene rings is 1. The van der Waals surface area contributed by atoms with Gasteiger partial charge in [0.1, 0.15) is 12.1 Å². The minimum Gasteiger partial charge on any atom is -0.285 e. The molecule has 1 heterocycles. The number of halogens is 1. The molecule has 1 aromatic heterocycles. The molecule has 0 unspecified atom stereocenters. The Morgan fingerprint density at radius 1 is 1.38 bits per heavy atom. The minimum atomic E-state index is -0.244. The molecule has 2 aromatic rings. The Morgan fingerprint density at radius 2 is 2.12 bits per heavy atom. The van der Waals surface area contributed by atoms with E-state index in [9.17, 15) is 9.18 Å². The molecule has 0 saturated heterocycles. The van der Waals surface area contributed by atoms with Crippen LogP contribution in [-0.4, -0.2) is 14.3 Å². The molecule has 16 heavy (non-hydrogen) atoms. The quantitative estimate of drug-likeness (QED) is 0.774. The zero-order valence-corrected chi connectivity index (χ0v) is 8.93. The molecule has 0 aliphatic rings. The predicted molar refractivity (Wildman–Crippen MR) is 57.6 cm³/mol. The van der Waals surface area contributed by atoms with Gasteiger partial charge >= 0.3 is 5.69 Å². The maximum atomic E-state index is 13.3. The molecule has 0 amide bonds. The monoisotopic (exact) mass is 221 g/mol. The summed E-state index contributed by atoms with van der Waals surface area (Å²) in [6.45, 7) is 0.389. The van der Waals surface area contributed by atoms with Crippen LogP contribution in [0.25, 0.3) is 0 Å². The van der Waals surface area contributed by atoms with Gasteiger partial charge in [0.15, 0.2) is 0 Å². The second-order valence-electron chi connectivity index (χ2n) is 3.59. The molecule has 1 aromatic carbocycles. The summed E-state index contributed by atoms with van der Waals surface area (Å²) in [4.78, 5) is 11.4. The first-order chi connectivity index (χ1) is 7.68. The van der Waals surface area contributed by atoms with Crippen molar-refractivity contribution in [2.24, 2.45) is 7.05 Å². The Morgan fingerprint density at radius 3 is 2.75 bits per heavy atom. The summed E-state index contributed by atoms with van der Waals surface area (Å²) in [5.74, 6) is -0.244. The highest BCUT2D eigenvalue weighted by Gasteiger charge is 2.04. The number of hydrogen-bond acceptors (Lipinski definition) is 2. The van der Waals surface area contributed by atoms with Gasteiger partial charge in [-0.25, -0.2) is 13.9 Å². The summed E-state index contributed by atoms with van der Waals surface area (Å²) in [7, 11) is 1.63. The fourth-order valence-corrected chi connectivity index (χ4v) is 1.50. The number of nitrogens with zero attached hydrogens (tertiary/aromatic N) is 3. The third-order valence-electron chi connectivity index (χ3n) is 2.44. The predicted octanol–water partition coefficient (Wildman–Crippen LogP) is 0.964. The van der Waals surface area contributed by atoms with Crippen LogP contribution in [0.1, 0.15) is 5.56 Å². The van der Waals surface area contributed by atoms with Gasteiger partial charge in [0, 0.05) is 7.05 Å². The van der Waals surface area contributed by atoms with Gasteiger partial charge in [-0.2, -0.15) is 5.10 Å². The van der Waals surface area contributed by atoms with E-state index in [2.05, 4.69) is 5.10 Å². The summed E-state index contributed by atoms with van der Waals surface area (Å²) in [6, 6.07) is 6.55. The molecule has 0 spiro atoms. The summed E-state index contributed by atoms with van der Waals surface area (Å²) < 4.78 is 16.0. The van der Waals surface area contributed by atoms with E-state index in [-0.39, 0.29) is 11.5 Å². The molecular weight excluding hydrogens is 209 g/mol. The zero-order valence-electron chi connectivity index (χ0n) is 8.93. The van der Waals surface area contributed by atoms with Crippen LogP contribution in [0.5, 0.6) is 0 Å². The fraction of sp³-hybridized carbons (Fsp3) is 0.273. The summed E-state index contributed by atoms with van der Waals surface area (Å²) in [5, 5.41) is 3.90. The van der Waals surface area contributed by atoms with E-state index in [0.29, 0.717) is 18.5 Å². The molecule has 0 radical (unpaired) electrons. The Balaban J connectivity index is 2.11. The first-order valence-corrected chi connectivity index (χ1v) is 5.00. The van der Waals surface area contributed by atoms with E-state index in [4.69, 9.17) is 0 Å². The Bertz CT molecular complexity index is 544. The maximum absolute atomic E-state index is 13.3. The van der Waals surface area contributed by atoms with Crippen LogP contribution in [0, 0.1) is 5.82 Å². The van der Waals surface area contributed by atoms with E-state index in [0.717, 1.165) is 0 Å². The van der Waals surface area contributed by atoms with E-state index < -0.39 is 0 Å². The van der Waals surface area contributed by atoms with Crippen LogP contribution in [0.2, 0.25) is 0 Å². The molecule has 0 saturated carbocycles. The number of rotatable bonds is 3. The maximum Gasteiger partial charge on any atom is 0.345 e. The third-order valence-corrected chi connectivity index (χ3v) is 2.44. The molecular formula is C11H12FN3O. The SMILES string of the molecule is Cn1cnn(CCc2ccccc2F)c1=O. The molecule has 4 nitrogen and oxygen atoms in total. The summed E-state index contributed by atoms with van der Waals surface area (Å²) >= 11 is 0. The highest BCUT2D eigenvalue weighted by atomic mass is 19.1. The Hall–Kier alpha value is -1.91. The molecule has 84 valence electrons. The molecule has 5 heteroatoms. The van der Waals surface area contributed by atoms with Crippen molar-refractivity contribution in [3.63, 3.8) is 0 Å².